The average molecular weight is 824 g/mol. The number of benzene rings is 1. The Bertz CT molecular complexity index is 2170. The normalized spacial score (nSPS) is 26.5. The molecule has 5 atom stereocenters. The minimum Gasteiger partial charge on any atom is -0.459 e. The fourth-order valence-corrected chi connectivity index (χ4v) is 9.64. The first-order chi connectivity index (χ1) is 26.9. The molecule has 1 saturated heterocycles. The number of aromatic nitrogens is 3. The minimum atomic E-state index is -4.00. The average Bonchev–Trinajstić information content (AvgIpc) is 3.77. The monoisotopic (exact) mass is 823 g/mol. The Morgan fingerprint density at radius 2 is 1.89 bits per heavy atom. The topological polar surface area (TPSA) is 191 Å². The highest BCUT2D eigenvalue weighted by Crippen LogP contribution is 2.47. The number of hydrogen-bond acceptors (Lipinski definition) is 11. The van der Waals surface area contributed by atoms with Crippen LogP contribution in [0.5, 0.6) is 6.01 Å². The van der Waals surface area contributed by atoms with E-state index in [2.05, 4.69) is 20.3 Å². The van der Waals surface area contributed by atoms with Gasteiger partial charge in [-0.2, -0.15) is 4.98 Å². The molecule has 15 nitrogen and oxygen atoms in total. The molecule has 3 aromatic rings. The first-order valence-corrected chi connectivity index (χ1v) is 22.3. The van der Waals surface area contributed by atoms with Crippen molar-refractivity contribution in [3.63, 3.8) is 0 Å². The zero-order chi connectivity index (χ0) is 40.9. The van der Waals surface area contributed by atoms with Crippen LogP contribution in [0.15, 0.2) is 41.2 Å². The highest BCUT2D eigenvalue weighted by atomic mass is 32.2. The number of fused-ring (bicyclic) bond motifs is 3. The second-order valence-corrected chi connectivity index (χ2v) is 20.2. The lowest BCUT2D eigenvalue weighted by Gasteiger charge is -2.30. The Labute approximate surface area is 337 Å². The van der Waals surface area contributed by atoms with Gasteiger partial charge in [0.25, 0.3) is 11.9 Å². The molecule has 3 fully saturated rings. The second-order valence-electron chi connectivity index (χ2n) is 17.3. The van der Waals surface area contributed by atoms with Crippen LogP contribution in [0.2, 0.25) is 0 Å². The summed E-state index contributed by atoms with van der Waals surface area (Å²) in [6, 6.07) is 3.97. The fourth-order valence-electron chi connectivity index (χ4n) is 7.78. The summed E-state index contributed by atoms with van der Waals surface area (Å²) < 4.78 is 41.8. The van der Waals surface area contributed by atoms with E-state index >= 15 is 0 Å². The molecule has 2 aliphatic carbocycles. The zero-order valence-electron chi connectivity index (χ0n) is 33.4. The zero-order valence-corrected chi connectivity index (χ0v) is 35.0. The van der Waals surface area contributed by atoms with E-state index in [1.807, 2.05) is 54.1 Å². The molecule has 4 aliphatic rings. The van der Waals surface area contributed by atoms with Crippen LogP contribution in [0.1, 0.15) is 105 Å². The fraction of sp³-hybridized carbons (Fsp3) is 0.600. The smallest absolute Gasteiger partial charge is 0.408 e. The number of ether oxygens (including phenoxy) is 2. The largest absolute Gasteiger partial charge is 0.459 e. The van der Waals surface area contributed by atoms with E-state index in [1.54, 1.807) is 33.2 Å². The molecule has 17 heteroatoms. The van der Waals surface area contributed by atoms with E-state index in [9.17, 15) is 27.6 Å². The van der Waals surface area contributed by atoms with Gasteiger partial charge < -0.3 is 25.0 Å². The van der Waals surface area contributed by atoms with Crippen LogP contribution in [-0.4, -0.2) is 92.3 Å². The lowest BCUT2D eigenvalue weighted by Crippen LogP contribution is -2.58. The van der Waals surface area contributed by atoms with Crippen molar-refractivity contribution in [1.29, 1.82) is 0 Å². The van der Waals surface area contributed by atoms with Crippen molar-refractivity contribution in [2.24, 2.45) is 5.92 Å². The van der Waals surface area contributed by atoms with Gasteiger partial charge in [-0.15, -0.1) is 11.3 Å². The van der Waals surface area contributed by atoms with Crippen molar-refractivity contribution < 1.29 is 37.1 Å². The molecule has 0 bridgehead atoms. The third-order valence-corrected chi connectivity index (χ3v) is 14.1. The molecule has 0 unspecified atom stereocenters. The number of thiazole rings is 1. The Kier molecular flexibility index (Phi) is 11.0. The van der Waals surface area contributed by atoms with Crippen molar-refractivity contribution in [3.8, 4) is 17.3 Å². The summed E-state index contributed by atoms with van der Waals surface area (Å²) in [5.74, 6) is -2.34. The summed E-state index contributed by atoms with van der Waals surface area (Å²) in [6.45, 7) is 10.8. The number of carbonyl (C=O) groups excluding carboxylic acids is 4. The maximum atomic E-state index is 14.6. The summed E-state index contributed by atoms with van der Waals surface area (Å²) in [5.41, 5.74) is 2.60. The molecule has 1 aromatic carbocycles. The Morgan fingerprint density at radius 3 is 2.58 bits per heavy atom. The molecular formula is C40H53N7O8S2. The van der Waals surface area contributed by atoms with E-state index in [4.69, 9.17) is 14.5 Å². The predicted molar refractivity (Wildman–Crippen MR) is 215 cm³/mol. The van der Waals surface area contributed by atoms with Gasteiger partial charge >= 0.3 is 6.09 Å². The molecule has 0 spiro atoms. The maximum absolute atomic E-state index is 14.6. The lowest BCUT2D eigenvalue weighted by molar-refractivity contribution is -0.141. The van der Waals surface area contributed by atoms with E-state index in [0.717, 1.165) is 29.6 Å². The lowest BCUT2D eigenvalue weighted by atomic mass is 10.0. The summed E-state index contributed by atoms with van der Waals surface area (Å²) in [4.78, 5) is 67.0. The highest BCUT2D eigenvalue weighted by Gasteiger charge is 2.63. The number of para-hydroxylation sites is 1. The van der Waals surface area contributed by atoms with Crippen molar-refractivity contribution in [2.45, 2.75) is 139 Å². The number of amides is 4. The van der Waals surface area contributed by atoms with Crippen LogP contribution in [-0.2, 0) is 29.1 Å². The first kappa shape index (κ1) is 40.7. The molecule has 2 aliphatic heterocycles. The van der Waals surface area contributed by atoms with E-state index in [-0.39, 0.29) is 25.4 Å². The molecule has 7 rings (SSSR count). The number of rotatable bonds is 8. The van der Waals surface area contributed by atoms with Gasteiger partial charge in [-0.05, 0) is 86.1 Å². The highest BCUT2D eigenvalue weighted by molar-refractivity contribution is 7.91. The number of alkyl carbamates (subject to hydrolysis) is 1. The quantitative estimate of drug-likeness (QED) is 0.249. The third-order valence-electron chi connectivity index (χ3n) is 11.4. The molecule has 4 amide bonds. The number of nitrogens with one attached hydrogen (secondary N) is 3. The predicted octanol–water partition coefficient (Wildman–Crippen LogP) is 5.38. The van der Waals surface area contributed by atoms with Crippen molar-refractivity contribution in [1.82, 2.24) is 34.8 Å². The van der Waals surface area contributed by atoms with E-state index in [1.165, 1.54) is 16.2 Å². The summed E-state index contributed by atoms with van der Waals surface area (Å²) in [6.07, 6.45) is 6.67. The third kappa shape index (κ3) is 8.41. The summed E-state index contributed by atoms with van der Waals surface area (Å²) >= 11 is 1.48. The standard InChI is InChI=1S/C40H53N7O8S2/c1-24(2)47-30-16-12-14-27(29-22-56-23-41-29)32(30)43-36(47)54-26-19-31-33(48)44-40(35(50)45-57(52,53)39(6)17-18-39)20-25(40)13-10-8-7-9-11-15-28(34(49)46(31)21-26)42-37(51)55-38(3,4)5/h10,12-14,16,22-26,28,31H,7-9,11,15,17-21H2,1-6H3,(H,42,51)(H,44,48)(H,45,50)/t25-,26-,28+,31+,40-/m1/s1. The SMILES string of the molecule is CC(C)n1c(O[C@@H]2C[C@H]3C(=O)N[C@]4(C(=O)NS(=O)(=O)C5(C)CC5)C[C@H]4C=CCCCCC[C@H](NC(=O)OC(C)(C)C)C(=O)N3C2)nc2c(-c3cscn3)cccc21. The molecule has 2 saturated carbocycles. The van der Waals surface area contributed by atoms with Crippen LogP contribution < -0.4 is 20.1 Å². The van der Waals surface area contributed by atoms with Gasteiger partial charge in [0.2, 0.25) is 21.8 Å². The van der Waals surface area contributed by atoms with Crippen LogP contribution in [0.25, 0.3) is 22.3 Å². The number of allylic oxidation sites excluding steroid dienone is 1. The van der Waals surface area contributed by atoms with Crippen LogP contribution in [0, 0.1) is 5.92 Å². The number of carbonyl (C=O) groups is 4. The van der Waals surface area contributed by atoms with Gasteiger partial charge in [0.1, 0.15) is 34.8 Å². The second kappa shape index (κ2) is 15.3. The molecular weight excluding hydrogens is 771 g/mol. The van der Waals surface area contributed by atoms with Crippen LogP contribution >= 0.6 is 11.3 Å². The van der Waals surface area contributed by atoms with Gasteiger partial charge in [0.15, 0.2) is 0 Å². The van der Waals surface area contributed by atoms with Gasteiger partial charge in [-0.3, -0.25) is 23.7 Å². The number of imidazole rings is 1. The van der Waals surface area contributed by atoms with Gasteiger partial charge in [0.05, 0.1) is 28.0 Å². The Hall–Kier alpha value is -4.51. The van der Waals surface area contributed by atoms with Gasteiger partial charge in [-0.1, -0.05) is 37.1 Å². The minimum absolute atomic E-state index is 0.0150. The summed E-state index contributed by atoms with van der Waals surface area (Å²) in [5, 5.41) is 7.63. The Balaban J connectivity index is 1.22. The maximum Gasteiger partial charge on any atom is 0.408 e. The molecule has 4 heterocycles. The molecule has 3 N–H and O–H groups in total. The number of sulfonamides is 1. The van der Waals surface area contributed by atoms with E-state index < -0.39 is 73.8 Å². The van der Waals surface area contributed by atoms with E-state index in [0.29, 0.717) is 43.6 Å². The van der Waals surface area contributed by atoms with Crippen molar-refractivity contribution >= 4 is 56.2 Å². The van der Waals surface area contributed by atoms with Crippen molar-refractivity contribution in [3.05, 3.63) is 41.2 Å². The first-order valence-electron chi connectivity index (χ1n) is 19.8. The van der Waals surface area contributed by atoms with Crippen LogP contribution in [0.4, 0.5) is 4.79 Å². The molecule has 0 radical (unpaired) electrons. The summed E-state index contributed by atoms with van der Waals surface area (Å²) in [7, 11) is -4.00. The van der Waals surface area contributed by atoms with Crippen LogP contribution in [0.3, 0.4) is 0 Å². The van der Waals surface area contributed by atoms with Gasteiger partial charge in [0, 0.05) is 29.3 Å². The van der Waals surface area contributed by atoms with Crippen molar-refractivity contribution in [2.75, 3.05) is 6.54 Å². The number of nitrogens with zero attached hydrogens (tertiary/aromatic N) is 4. The Morgan fingerprint density at radius 1 is 1.12 bits per heavy atom. The molecule has 2 aromatic heterocycles. The van der Waals surface area contributed by atoms with Gasteiger partial charge in [-0.25, -0.2) is 18.2 Å². The molecule has 308 valence electrons. The number of hydrogen-bond donors (Lipinski definition) is 3. The molecule has 57 heavy (non-hydrogen) atoms.